The summed E-state index contributed by atoms with van der Waals surface area (Å²) in [5.74, 6) is -2.01. The Kier molecular flexibility index (Phi) is 4.54. The molecule has 132 valence electrons. The van der Waals surface area contributed by atoms with E-state index in [0.717, 1.165) is 4.90 Å². The zero-order valence-corrected chi connectivity index (χ0v) is 14.1. The molecule has 8 heteroatoms. The van der Waals surface area contributed by atoms with Gasteiger partial charge in [-0.1, -0.05) is 6.07 Å². The second-order valence-electron chi connectivity index (χ2n) is 6.06. The molecule has 4 amide bonds. The normalized spacial score (nSPS) is 19.9. The summed E-state index contributed by atoms with van der Waals surface area (Å²) in [4.78, 5) is 51.9. The highest BCUT2D eigenvalue weighted by Gasteiger charge is 2.45. The SMILES string of the molecule is COCCN(C)c1cccc2c1C(=O)N(C1CCC(=O)NC1=O)C2=O. The Labute approximate surface area is 144 Å². The first-order valence-electron chi connectivity index (χ1n) is 8.00. The van der Waals surface area contributed by atoms with Crippen molar-refractivity contribution in [1.29, 1.82) is 0 Å². The summed E-state index contributed by atoms with van der Waals surface area (Å²) in [6, 6.07) is 4.08. The van der Waals surface area contributed by atoms with Crippen LogP contribution in [-0.2, 0) is 14.3 Å². The number of benzene rings is 1. The van der Waals surface area contributed by atoms with Crippen LogP contribution in [0.25, 0.3) is 0 Å². The Morgan fingerprint density at radius 2 is 2.00 bits per heavy atom. The van der Waals surface area contributed by atoms with Crippen LogP contribution in [0.5, 0.6) is 0 Å². The number of hydrogen-bond acceptors (Lipinski definition) is 6. The van der Waals surface area contributed by atoms with Crippen LogP contribution >= 0.6 is 0 Å². The lowest BCUT2D eigenvalue weighted by molar-refractivity contribution is -0.136. The lowest BCUT2D eigenvalue weighted by Gasteiger charge is -2.28. The van der Waals surface area contributed by atoms with E-state index in [1.165, 1.54) is 0 Å². The van der Waals surface area contributed by atoms with Crippen LogP contribution in [0, 0.1) is 0 Å². The fourth-order valence-corrected chi connectivity index (χ4v) is 3.16. The number of carbonyl (C=O) groups is 4. The first kappa shape index (κ1) is 17.1. The average molecular weight is 345 g/mol. The summed E-state index contributed by atoms with van der Waals surface area (Å²) in [5.41, 5.74) is 1.18. The van der Waals surface area contributed by atoms with E-state index >= 15 is 0 Å². The number of anilines is 1. The van der Waals surface area contributed by atoms with Crippen molar-refractivity contribution in [2.45, 2.75) is 18.9 Å². The summed E-state index contributed by atoms with van der Waals surface area (Å²) in [7, 11) is 3.39. The second-order valence-corrected chi connectivity index (χ2v) is 6.06. The molecule has 0 spiro atoms. The van der Waals surface area contributed by atoms with Crippen LogP contribution in [0.1, 0.15) is 33.6 Å². The number of ether oxygens (including phenoxy) is 1. The number of rotatable bonds is 5. The Morgan fingerprint density at radius 1 is 1.24 bits per heavy atom. The van der Waals surface area contributed by atoms with Crippen molar-refractivity contribution in [1.82, 2.24) is 10.2 Å². The first-order valence-corrected chi connectivity index (χ1v) is 8.00. The van der Waals surface area contributed by atoms with Gasteiger partial charge in [0.2, 0.25) is 11.8 Å². The molecule has 0 saturated carbocycles. The van der Waals surface area contributed by atoms with Gasteiger partial charge >= 0.3 is 0 Å². The fourth-order valence-electron chi connectivity index (χ4n) is 3.16. The Balaban J connectivity index is 1.94. The number of piperidine rings is 1. The van der Waals surface area contributed by atoms with Crippen LogP contribution < -0.4 is 10.2 Å². The smallest absolute Gasteiger partial charge is 0.264 e. The molecule has 1 aromatic rings. The number of nitrogens with zero attached hydrogens (tertiary/aromatic N) is 2. The summed E-state index contributed by atoms with van der Waals surface area (Å²) in [6.45, 7) is 1.02. The van der Waals surface area contributed by atoms with Crippen LogP contribution in [-0.4, -0.2) is 61.9 Å². The third-order valence-electron chi connectivity index (χ3n) is 4.49. The van der Waals surface area contributed by atoms with E-state index in [1.807, 2.05) is 4.90 Å². The maximum atomic E-state index is 12.9. The summed E-state index contributed by atoms with van der Waals surface area (Å²) >= 11 is 0. The van der Waals surface area contributed by atoms with Gasteiger partial charge in [-0.25, -0.2) is 0 Å². The molecule has 0 bridgehead atoms. The minimum Gasteiger partial charge on any atom is -0.383 e. The molecule has 0 aliphatic carbocycles. The number of methoxy groups -OCH3 is 1. The molecular formula is C17H19N3O5. The lowest BCUT2D eigenvalue weighted by Crippen LogP contribution is -2.54. The topological polar surface area (TPSA) is 96.0 Å². The molecule has 3 rings (SSSR count). The van der Waals surface area contributed by atoms with E-state index in [0.29, 0.717) is 18.8 Å². The van der Waals surface area contributed by atoms with E-state index in [2.05, 4.69) is 5.32 Å². The van der Waals surface area contributed by atoms with E-state index in [-0.39, 0.29) is 24.0 Å². The van der Waals surface area contributed by atoms with Gasteiger partial charge in [0.25, 0.3) is 11.8 Å². The fraction of sp³-hybridized carbons (Fsp3) is 0.412. The van der Waals surface area contributed by atoms with Gasteiger partial charge in [-0.15, -0.1) is 0 Å². The quantitative estimate of drug-likeness (QED) is 0.765. The highest BCUT2D eigenvalue weighted by Crippen LogP contribution is 2.33. The Bertz CT molecular complexity index is 761. The standard InChI is InChI=1S/C17H19N3O5/c1-19(8-9-25-2)11-5-3-4-10-14(11)17(24)20(16(10)23)12-6-7-13(21)18-15(12)22/h3-5,12H,6-9H2,1-2H3,(H,18,21,22). The van der Waals surface area contributed by atoms with Gasteiger partial charge in [0, 0.05) is 27.1 Å². The zero-order chi connectivity index (χ0) is 18.1. The predicted octanol–water partition coefficient (Wildman–Crippen LogP) is 0.170. The molecule has 0 aromatic heterocycles. The van der Waals surface area contributed by atoms with Crippen molar-refractivity contribution in [3.05, 3.63) is 29.3 Å². The van der Waals surface area contributed by atoms with Crippen molar-refractivity contribution in [2.75, 3.05) is 32.2 Å². The molecule has 1 unspecified atom stereocenters. The maximum absolute atomic E-state index is 12.9. The van der Waals surface area contributed by atoms with E-state index < -0.39 is 29.7 Å². The molecule has 1 atom stereocenters. The predicted molar refractivity (Wildman–Crippen MR) is 88.3 cm³/mol. The van der Waals surface area contributed by atoms with Crippen molar-refractivity contribution in [2.24, 2.45) is 0 Å². The first-order chi connectivity index (χ1) is 12.0. The third kappa shape index (κ3) is 2.89. The molecule has 2 aliphatic heterocycles. The average Bonchev–Trinajstić information content (AvgIpc) is 2.84. The molecule has 25 heavy (non-hydrogen) atoms. The lowest BCUT2D eigenvalue weighted by atomic mass is 10.0. The van der Waals surface area contributed by atoms with Crippen molar-refractivity contribution >= 4 is 29.3 Å². The number of hydrogen-bond donors (Lipinski definition) is 1. The molecule has 2 heterocycles. The van der Waals surface area contributed by atoms with Crippen molar-refractivity contribution < 1.29 is 23.9 Å². The summed E-state index contributed by atoms with van der Waals surface area (Å²) in [5, 5.41) is 2.19. The zero-order valence-electron chi connectivity index (χ0n) is 14.1. The number of likely N-dealkylation sites (N-methyl/N-ethyl adjacent to an activating group) is 1. The van der Waals surface area contributed by atoms with Gasteiger partial charge in [-0.2, -0.15) is 0 Å². The van der Waals surface area contributed by atoms with E-state index in [9.17, 15) is 19.2 Å². The third-order valence-corrected chi connectivity index (χ3v) is 4.49. The Morgan fingerprint density at radius 3 is 2.68 bits per heavy atom. The van der Waals surface area contributed by atoms with Gasteiger partial charge in [0.15, 0.2) is 0 Å². The van der Waals surface area contributed by atoms with Crippen LogP contribution in [0.15, 0.2) is 18.2 Å². The summed E-state index contributed by atoms with van der Waals surface area (Å²) in [6.07, 6.45) is 0.245. The monoisotopic (exact) mass is 345 g/mol. The maximum Gasteiger partial charge on any atom is 0.264 e. The minimum absolute atomic E-state index is 0.102. The summed E-state index contributed by atoms with van der Waals surface area (Å²) < 4.78 is 5.05. The van der Waals surface area contributed by atoms with Crippen LogP contribution in [0.4, 0.5) is 5.69 Å². The number of amides is 4. The van der Waals surface area contributed by atoms with Gasteiger partial charge < -0.3 is 9.64 Å². The second kappa shape index (κ2) is 6.64. The van der Waals surface area contributed by atoms with Crippen molar-refractivity contribution in [3.8, 4) is 0 Å². The highest BCUT2D eigenvalue weighted by atomic mass is 16.5. The number of imide groups is 2. The molecule has 0 radical (unpaired) electrons. The molecule has 1 N–H and O–H groups in total. The minimum atomic E-state index is -0.956. The Hall–Kier alpha value is -2.74. The molecule has 1 saturated heterocycles. The van der Waals surface area contributed by atoms with E-state index in [1.54, 1.807) is 32.4 Å². The number of carbonyl (C=O) groups excluding carboxylic acids is 4. The molecule has 8 nitrogen and oxygen atoms in total. The number of fused-ring (bicyclic) bond motifs is 1. The van der Waals surface area contributed by atoms with Crippen LogP contribution in [0.3, 0.4) is 0 Å². The van der Waals surface area contributed by atoms with Gasteiger partial charge in [0.1, 0.15) is 6.04 Å². The molecule has 2 aliphatic rings. The van der Waals surface area contributed by atoms with Gasteiger partial charge in [-0.3, -0.25) is 29.4 Å². The van der Waals surface area contributed by atoms with Gasteiger partial charge in [0.05, 0.1) is 23.4 Å². The molecule has 1 aromatic carbocycles. The van der Waals surface area contributed by atoms with E-state index in [4.69, 9.17) is 4.74 Å². The molecule has 1 fully saturated rings. The van der Waals surface area contributed by atoms with Crippen molar-refractivity contribution in [3.63, 3.8) is 0 Å². The highest BCUT2D eigenvalue weighted by molar-refractivity contribution is 6.25. The van der Waals surface area contributed by atoms with Gasteiger partial charge in [-0.05, 0) is 18.6 Å². The number of nitrogens with one attached hydrogen (secondary N) is 1. The largest absolute Gasteiger partial charge is 0.383 e. The molecular weight excluding hydrogens is 326 g/mol. The van der Waals surface area contributed by atoms with Crippen LogP contribution in [0.2, 0.25) is 0 Å².